The number of rotatable bonds is 3. The highest BCUT2D eigenvalue weighted by Gasteiger charge is 2.18. The Kier molecular flexibility index (Phi) is 3.66. The Bertz CT molecular complexity index is 418. The van der Waals surface area contributed by atoms with Gasteiger partial charge >= 0.3 is 0 Å². The maximum Gasteiger partial charge on any atom is 0.266 e. The molecule has 4 N–H and O–H groups in total. The SMILES string of the molecule is NC1=C(Cl)NN(CCS(=O)(=O)O)N=C1Cl. The molecule has 1 aliphatic heterocycles. The fourth-order valence-electron chi connectivity index (χ4n) is 0.757. The molecular formula is C5H8Cl2N4O3S. The lowest BCUT2D eigenvalue weighted by Crippen LogP contribution is -2.40. The Morgan fingerprint density at radius 1 is 1.53 bits per heavy atom. The second-order valence-electron chi connectivity index (χ2n) is 2.64. The van der Waals surface area contributed by atoms with E-state index in [1.807, 2.05) is 0 Å². The van der Waals surface area contributed by atoms with Crippen LogP contribution in [-0.2, 0) is 10.1 Å². The largest absolute Gasteiger partial charge is 0.394 e. The van der Waals surface area contributed by atoms with Gasteiger partial charge in [0.25, 0.3) is 10.1 Å². The molecule has 0 aromatic rings. The molecule has 0 aromatic carbocycles. The van der Waals surface area contributed by atoms with Crippen molar-refractivity contribution in [1.29, 1.82) is 0 Å². The highest BCUT2D eigenvalue weighted by molar-refractivity contribution is 7.85. The summed E-state index contributed by atoms with van der Waals surface area (Å²) in [6.07, 6.45) is 0. The molecule has 0 saturated carbocycles. The monoisotopic (exact) mass is 274 g/mol. The minimum Gasteiger partial charge on any atom is -0.394 e. The van der Waals surface area contributed by atoms with Gasteiger partial charge in [0.05, 0.1) is 12.3 Å². The molecule has 15 heavy (non-hydrogen) atoms. The van der Waals surface area contributed by atoms with Gasteiger partial charge in [0.1, 0.15) is 10.9 Å². The summed E-state index contributed by atoms with van der Waals surface area (Å²) in [5, 5.41) is 4.74. The molecule has 0 saturated heterocycles. The molecule has 0 atom stereocenters. The van der Waals surface area contributed by atoms with Crippen LogP contribution in [0.5, 0.6) is 0 Å². The summed E-state index contributed by atoms with van der Waals surface area (Å²) in [6.45, 7) is -0.113. The Labute approximate surface area is 96.2 Å². The van der Waals surface area contributed by atoms with Gasteiger partial charge in [0, 0.05) is 0 Å². The third-order valence-corrected chi connectivity index (χ3v) is 2.72. The smallest absolute Gasteiger partial charge is 0.266 e. The molecule has 0 bridgehead atoms. The van der Waals surface area contributed by atoms with E-state index in [1.165, 1.54) is 0 Å². The van der Waals surface area contributed by atoms with E-state index in [1.54, 1.807) is 0 Å². The van der Waals surface area contributed by atoms with Crippen LogP contribution in [0.2, 0.25) is 0 Å². The Balaban J connectivity index is 2.63. The predicted molar refractivity (Wildman–Crippen MR) is 56.6 cm³/mol. The number of hydrazone groups is 1. The lowest BCUT2D eigenvalue weighted by Gasteiger charge is -2.24. The summed E-state index contributed by atoms with van der Waals surface area (Å²) in [7, 11) is -4.06. The van der Waals surface area contributed by atoms with E-state index in [0.717, 1.165) is 5.12 Å². The molecule has 10 heteroatoms. The van der Waals surface area contributed by atoms with Crippen molar-refractivity contribution in [3.63, 3.8) is 0 Å². The molecule has 1 rings (SSSR count). The zero-order valence-corrected chi connectivity index (χ0v) is 9.64. The molecule has 1 aliphatic rings. The molecule has 7 nitrogen and oxygen atoms in total. The van der Waals surface area contributed by atoms with E-state index >= 15 is 0 Å². The number of nitrogens with two attached hydrogens (primary N) is 1. The van der Waals surface area contributed by atoms with Crippen molar-refractivity contribution in [3.8, 4) is 0 Å². The van der Waals surface area contributed by atoms with Crippen molar-refractivity contribution >= 4 is 38.5 Å². The van der Waals surface area contributed by atoms with E-state index in [0.29, 0.717) is 0 Å². The molecule has 0 fully saturated rings. The molecule has 0 amide bonds. The van der Waals surface area contributed by atoms with Crippen molar-refractivity contribution in [3.05, 3.63) is 10.9 Å². The fourth-order valence-corrected chi connectivity index (χ4v) is 1.58. The summed E-state index contributed by atoms with van der Waals surface area (Å²) in [6, 6.07) is 0. The molecule has 0 aromatic heterocycles. The number of allylic oxidation sites excluding steroid dienone is 1. The molecule has 1 heterocycles. The summed E-state index contributed by atoms with van der Waals surface area (Å²) in [4.78, 5) is 0. The van der Waals surface area contributed by atoms with E-state index in [4.69, 9.17) is 33.5 Å². The number of nitrogens with one attached hydrogen (secondary N) is 1. The summed E-state index contributed by atoms with van der Waals surface area (Å²) >= 11 is 11.2. The number of nitrogens with zero attached hydrogens (tertiary/aromatic N) is 2. The number of halogens is 2. The minimum atomic E-state index is -4.06. The topological polar surface area (TPSA) is 108 Å². The second-order valence-corrected chi connectivity index (χ2v) is 4.95. The van der Waals surface area contributed by atoms with Crippen molar-refractivity contribution in [1.82, 2.24) is 10.5 Å². The first-order valence-corrected chi connectivity index (χ1v) is 6.05. The maximum absolute atomic E-state index is 10.5. The normalized spacial score (nSPS) is 17.5. The minimum absolute atomic E-state index is 0.0466. The Hall–Kier alpha value is -0.700. The van der Waals surface area contributed by atoms with Gasteiger partial charge in [-0.1, -0.05) is 23.2 Å². The number of hydrogen-bond donors (Lipinski definition) is 3. The summed E-state index contributed by atoms with van der Waals surface area (Å²) < 4.78 is 29.4. The van der Waals surface area contributed by atoms with Crippen molar-refractivity contribution in [2.45, 2.75) is 0 Å². The van der Waals surface area contributed by atoms with E-state index in [2.05, 4.69) is 10.5 Å². The quantitative estimate of drug-likeness (QED) is 0.478. The summed E-state index contributed by atoms with van der Waals surface area (Å²) in [5.41, 5.74) is 7.94. The number of hydrogen-bond acceptors (Lipinski definition) is 6. The average Bonchev–Trinajstić information content (AvgIpc) is 2.09. The zero-order valence-electron chi connectivity index (χ0n) is 7.31. The van der Waals surface area contributed by atoms with Crippen molar-refractivity contribution in [2.24, 2.45) is 10.8 Å². The van der Waals surface area contributed by atoms with Crippen molar-refractivity contribution < 1.29 is 13.0 Å². The van der Waals surface area contributed by atoms with Crippen LogP contribution in [0.15, 0.2) is 16.0 Å². The van der Waals surface area contributed by atoms with Gasteiger partial charge in [-0.25, -0.2) is 5.12 Å². The first-order valence-electron chi connectivity index (χ1n) is 3.68. The molecule has 0 unspecified atom stereocenters. The molecule has 86 valence electrons. The van der Waals surface area contributed by atoms with Gasteiger partial charge in [-0.2, -0.15) is 8.42 Å². The molecule has 0 spiro atoms. The third-order valence-electron chi connectivity index (χ3n) is 1.46. The lowest BCUT2D eigenvalue weighted by atomic mass is 10.5. The first-order chi connectivity index (χ1) is 6.79. The third kappa shape index (κ3) is 3.74. The predicted octanol–water partition coefficient (Wildman–Crippen LogP) is -0.387. The molecule has 0 aliphatic carbocycles. The van der Waals surface area contributed by atoms with Gasteiger partial charge in [0.15, 0.2) is 5.17 Å². The molecular weight excluding hydrogens is 267 g/mol. The maximum atomic E-state index is 10.5. The summed E-state index contributed by atoms with van der Waals surface area (Å²) in [5.74, 6) is -0.502. The van der Waals surface area contributed by atoms with Crippen LogP contribution < -0.4 is 11.2 Å². The van der Waals surface area contributed by atoms with Crippen LogP contribution in [0.4, 0.5) is 0 Å². The van der Waals surface area contributed by atoms with E-state index in [9.17, 15) is 8.42 Å². The Morgan fingerprint density at radius 2 is 2.13 bits per heavy atom. The van der Waals surface area contributed by atoms with Crippen LogP contribution in [0.25, 0.3) is 0 Å². The van der Waals surface area contributed by atoms with E-state index < -0.39 is 15.9 Å². The second kappa shape index (κ2) is 4.44. The fraction of sp³-hybridized carbons (Fsp3) is 0.400. The van der Waals surface area contributed by atoms with Gasteiger partial charge in [0.2, 0.25) is 0 Å². The van der Waals surface area contributed by atoms with Gasteiger partial charge < -0.3 is 5.73 Å². The van der Waals surface area contributed by atoms with Crippen LogP contribution in [0.3, 0.4) is 0 Å². The first kappa shape index (κ1) is 12.4. The lowest BCUT2D eigenvalue weighted by molar-refractivity contribution is 0.237. The van der Waals surface area contributed by atoms with Crippen molar-refractivity contribution in [2.75, 3.05) is 12.3 Å². The molecule has 0 radical (unpaired) electrons. The average molecular weight is 275 g/mol. The van der Waals surface area contributed by atoms with Crippen LogP contribution in [-0.4, -0.2) is 35.6 Å². The van der Waals surface area contributed by atoms with Gasteiger partial charge in [-0.05, 0) is 0 Å². The van der Waals surface area contributed by atoms with E-state index in [-0.39, 0.29) is 22.6 Å². The van der Waals surface area contributed by atoms with Crippen LogP contribution >= 0.6 is 23.2 Å². The Morgan fingerprint density at radius 3 is 2.60 bits per heavy atom. The van der Waals surface area contributed by atoms with Gasteiger partial charge in [-0.3, -0.25) is 9.98 Å². The standard InChI is InChI=1S/C5H8Cl2N4O3S/c6-4-3(8)5(7)10-11(9-4)1-2-15(12,13)14/h9H,1-2,8H2,(H,12,13,14). The van der Waals surface area contributed by atoms with Crippen LogP contribution in [0, 0.1) is 0 Å². The van der Waals surface area contributed by atoms with Crippen LogP contribution in [0.1, 0.15) is 0 Å². The zero-order chi connectivity index (χ0) is 11.6. The number of hydrazine groups is 1. The highest BCUT2D eigenvalue weighted by atomic mass is 35.5. The highest BCUT2D eigenvalue weighted by Crippen LogP contribution is 2.12. The van der Waals surface area contributed by atoms with Gasteiger partial charge in [-0.15, -0.1) is 5.10 Å².